The molecule has 19 heavy (non-hydrogen) atoms. The predicted molar refractivity (Wildman–Crippen MR) is 63.7 cm³/mol. The Bertz CT molecular complexity index is 541. The van der Waals surface area contributed by atoms with E-state index in [1.54, 1.807) is 12.2 Å². The van der Waals surface area contributed by atoms with Crippen molar-refractivity contribution in [3.8, 4) is 0 Å². The van der Waals surface area contributed by atoms with Crippen molar-refractivity contribution < 1.29 is 22.4 Å². The van der Waals surface area contributed by atoms with Gasteiger partial charge < -0.3 is 9.88 Å². The molecule has 0 aromatic carbocycles. The lowest BCUT2D eigenvalue weighted by Crippen LogP contribution is -2.38. The number of nitrogens with zero attached hydrogens (tertiary/aromatic N) is 1. The molecule has 0 saturated heterocycles. The molecule has 1 aromatic rings. The van der Waals surface area contributed by atoms with Crippen LogP contribution in [0, 0.1) is 0 Å². The van der Waals surface area contributed by atoms with Gasteiger partial charge in [0, 0.05) is 18.9 Å². The van der Waals surface area contributed by atoms with E-state index in [9.17, 15) is 27.2 Å². The Hall–Kier alpha value is -1.38. The van der Waals surface area contributed by atoms with Gasteiger partial charge in [-0.05, 0) is 22.9 Å². The molecule has 4 nitrogen and oxygen atoms in total. The number of aryl methyl sites for hydroxylation is 1. The van der Waals surface area contributed by atoms with E-state index in [0.29, 0.717) is 6.54 Å². The molecule has 1 amide bonds. The van der Waals surface area contributed by atoms with E-state index in [0.717, 1.165) is 6.20 Å². The fraction of sp³-hybridized carbons (Fsp3) is 0.400. The Balaban J connectivity index is 3.03. The number of pyridine rings is 1. The summed E-state index contributed by atoms with van der Waals surface area (Å²) in [6, 6.07) is 0. The molecule has 0 fully saturated rings. The van der Waals surface area contributed by atoms with Gasteiger partial charge >= 0.3 is 6.18 Å². The van der Waals surface area contributed by atoms with Crippen LogP contribution in [0.5, 0.6) is 0 Å². The Morgan fingerprint density at radius 2 is 2.05 bits per heavy atom. The fourth-order valence-corrected chi connectivity index (χ4v) is 1.69. The molecular weight excluding hydrogens is 336 g/mol. The first kappa shape index (κ1) is 15.7. The molecule has 1 N–H and O–H groups in total. The highest BCUT2D eigenvalue weighted by atomic mass is 79.9. The zero-order valence-electron chi connectivity index (χ0n) is 9.59. The molecule has 0 spiro atoms. The highest BCUT2D eigenvalue weighted by Gasteiger charge is 2.45. The van der Waals surface area contributed by atoms with Crippen LogP contribution >= 0.6 is 15.9 Å². The molecule has 1 heterocycles. The molecule has 0 aliphatic heterocycles. The van der Waals surface area contributed by atoms with Crippen molar-refractivity contribution in [1.82, 2.24) is 4.57 Å². The third-order valence-electron chi connectivity index (χ3n) is 2.18. The number of rotatable bonds is 3. The second-order valence-corrected chi connectivity index (χ2v) is 4.43. The summed E-state index contributed by atoms with van der Waals surface area (Å²) < 4.78 is 50.2. The number of amides is 1. The minimum atomic E-state index is -5.31. The van der Waals surface area contributed by atoms with Gasteiger partial charge in [0.05, 0.1) is 4.47 Å². The predicted octanol–water partition coefficient (Wildman–Crippen LogP) is 2.47. The Morgan fingerprint density at radius 1 is 1.47 bits per heavy atom. The van der Waals surface area contributed by atoms with E-state index in [4.69, 9.17) is 0 Å². The maximum atomic E-state index is 12.7. The number of aromatic nitrogens is 1. The summed E-state index contributed by atoms with van der Waals surface area (Å²) in [7, 11) is 0. The van der Waals surface area contributed by atoms with Crippen LogP contribution in [0.3, 0.4) is 0 Å². The van der Waals surface area contributed by atoms with Crippen molar-refractivity contribution >= 4 is 27.5 Å². The number of anilines is 1. The Labute approximate surface area is 113 Å². The van der Waals surface area contributed by atoms with Crippen LogP contribution < -0.4 is 10.7 Å². The molecule has 0 aliphatic carbocycles. The second kappa shape index (κ2) is 5.72. The third kappa shape index (κ3) is 3.79. The van der Waals surface area contributed by atoms with Crippen LogP contribution in [-0.4, -0.2) is 22.8 Å². The third-order valence-corrected chi connectivity index (χ3v) is 2.74. The van der Waals surface area contributed by atoms with Crippen LogP contribution in [0.4, 0.5) is 23.2 Å². The summed E-state index contributed by atoms with van der Waals surface area (Å²) in [5.74, 6) is -1.93. The maximum Gasteiger partial charge on any atom is 0.428 e. The number of nitrogens with one attached hydrogen (secondary N) is 1. The van der Waals surface area contributed by atoms with Gasteiger partial charge in [0.15, 0.2) is 0 Å². The van der Waals surface area contributed by atoms with Gasteiger partial charge in [-0.25, -0.2) is 4.39 Å². The molecule has 0 radical (unpaired) electrons. The van der Waals surface area contributed by atoms with E-state index in [1.165, 1.54) is 10.8 Å². The molecule has 1 unspecified atom stereocenters. The molecule has 9 heteroatoms. The van der Waals surface area contributed by atoms with Gasteiger partial charge in [0.1, 0.15) is 5.69 Å². The van der Waals surface area contributed by atoms with E-state index in [1.807, 2.05) is 0 Å². The smallest absolute Gasteiger partial charge is 0.351 e. The lowest BCUT2D eigenvalue weighted by atomic mass is 10.3. The van der Waals surface area contributed by atoms with Crippen LogP contribution in [0.25, 0.3) is 0 Å². The normalized spacial score (nSPS) is 13.2. The summed E-state index contributed by atoms with van der Waals surface area (Å²) in [4.78, 5) is 22.6. The first-order valence-electron chi connectivity index (χ1n) is 5.08. The second-order valence-electron chi connectivity index (χ2n) is 3.57. The summed E-state index contributed by atoms with van der Waals surface area (Å²) in [6.45, 7) is 2.14. The minimum absolute atomic E-state index is 0.0505. The number of carbonyl (C=O) groups excluding carboxylic acids is 1. The molecule has 1 rings (SSSR count). The van der Waals surface area contributed by atoms with Crippen LogP contribution in [0.1, 0.15) is 6.92 Å². The number of halogens is 5. The maximum absolute atomic E-state index is 12.7. The first-order valence-corrected chi connectivity index (χ1v) is 5.87. The van der Waals surface area contributed by atoms with E-state index in [-0.39, 0.29) is 4.47 Å². The topological polar surface area (TPSA) is 51.1 Å². The summed E-state index contributed by atoms with van der Waals surface area (Å²) in [6.07, 6.45) is -6.45. The Kier molecular flexibility index (Phi) is 4.72. The first-order chi connectivity index (χ1) is 8.66. The molecule has 0 bridgehead atoms. The molecule has 1 aromatic heterocycles. The molecular formula is C10H9BrF4N2O2. The standard InChI is InChI=1S/C10H9BrF4N2O2/c1-2-17-3-5(11)7(18)6(4-17)16-9(19)8(12)10(13,14)15/h3-4,8H,2H2,1H3,(H,16,19). The highest BCUT2D eigenvalue weighted by Crippen LogP contribution is 2.23. The monoisotopic (exact) mass is 344 g/mol. The average molecular weight is 345 g/mol. The van der Waals surface area contributed by atoms with Crippen molar-refractivity contribution in [3.05, 3.63) is 27.1 Å². The van der Waals surface area contributed by atoms with Crippen LogP contribution in [0.15, 0.2) is 21.7 Å². The van der Waals surface area contributed by atoms with Gasteiger partial charge in [0.2, 0.25) is 5.43 Å². The van der Waals surface area contributed by atoms with E-state index < -0.39 is 29.4 Å². The summed E-state index contributed by atoms with van der Waals surface area (Å²) >= 11 is 2.90. The van der Waals surface area contributed by atoms with Crippen molar-refractivity contribution in [3.63, 3.8) is 0 Å². The van der Waals surface area contributed by atoms with Gasteiger partial charge in [-0.2, -0.15) is 13.2 Å². The molecule has 0 aliphatic rings. The van der Waals surface area contributed by atoms with Gasteiger partial charge in [-0.15, -0.1) is 0 Å². The lowest BCUT2D eigenvalue weighted by molar-refractivity contribution is -0.183. The largest absolute Gasteiger partial charge is 0.428 e. The minimum Gasteiger partial charge on any atom is -0.351 e. The average Bonchev–Trinajstić information content (AvgIpc) is 2.32. The quantitative estimate of drug-likeness (QED) is 0.856. The number of hydrogen-bond donors (Lipinski definition) is 1. The zero-order valence-corrected chi connectivity index (χ0v) is 11.2. The molecule has 0 saturated carbocycles. The number of carbonyl (C=O) groups is 1. The van der Waals surface area contributed by atoms with Crippen molar-refractivity contribution in [1.29, 1.82) is 0 Å². The SMILES string of the molecule is CCn1cc(Br)c(=O)c(NC(=O)C(F)C(F)(F)F)c1. The van der Waals surface area contributed by atoms with E-state index >= 15 is 0 Å². The van der Waals surface area contributed by atoms with Gasteiger partial charge in [-0.1, -0.05) is 0 Å². The summed E-state index contributed by atoms with van der Waals surface area (Å²) in [5.41, 5.74) is -1.15. The summed E-state index contributed by atoms with van der Waals surface area (Å²) in [5, 5.41) is 1.63. The number of hydrogen-bond acceptors (Lipinski definition) is 2. The fourth-order valence-electron chi connectivity index (χ4n) is 1.21. The lowest BCUT2D eigenvalue weighted by Gasteiger charge is -2.13. The van der Waals surface area contributed by atoms with Crippen LogP contribution in [-0.2, 0) is 11.3 Å². The molecule has 106 valence electrons. The van der Waals surface area contributed by atoms with Gasteiger partial charge in [0.25, 0.3) is 12.1 Å². The van der Waals surface area contributed by atoms with E-state index in [2.05, 4.69) is 15.9 Å². The van der Waals surface area contributed by atoms with Gasteiger partial charge in [-0.3, -0.25) is 9.59 Å². The van der Waals surface area contributed by atoms with Crippen molar-refractivity contribution in [2.75, 3.05) is 5.32 Å². The van der Waals surface area contributed by atoms with Crippen LogP contribution in [0.2, 0.25) is 0 Å². The molecule has 1 atom stereocenters. The van der Waals surface area contributed by atoms with Crippen molar-refractivity contribution in [2.45, 2.75) is 25.8 Å². The highest BCUT2D eigenvalue weighted by molar-refractivity contribution is 9.10. The van der Waals surface area contributed by atoms with Crippen molar-refractivity contribution in [2.24, 2.45) is 0 Å². The number of alkyl halides is 4. The zero-order chi connectivity index (χ0) is 14.8. The Morgan fingerprint density at radius 3 is 2.53 bits per heavy atom.